The highest BCUT2D eigenvalue weighted by atomic mass is 32.1. The first-order chi connectivity index (χ1) is 15.2. The predicted octanol–water partition coefficient (Wildman–Crippen LogP) is 3.84. The molecule has 1 fully saturated rings. The number of nitrogens with one attached hydrogen (secondary N) is 1. The molecule has 1 N–H and O–H groups in total. The highest BCUT2D eigenvalue weighted by Crippen LogP contribution is 2.33. The third-order valence-corrected chi connectivity index (χ3v) is 7.27. The maximum atomic E-state index is 13.0. The quantitative estimate of drug-likeness (QED) is 0.670. The van der Waals surface area contributed by atoms with Gasteiger partial charge < -0.3 is 19.5 Å². The van der Waals surface area contributed by atoms with Crippen LogP contribution in [0.3, 0.4) is 0 Å². The average molecular weight is 445 g/mol. The molecule has 2 aromatic rings. The summed E-state index contributed by atoms with van der Waals surface area (Å²) in [5.41, 5.74) is 2.47. The first-order valence-corrected chi connectivity index (χ1v) is 12.0. The second-order valence-electron chi connectivity index (χ2n) is 7.98. The van der Waals surface area contributed by atoms with Crippen molar-refractivity contribution in [1.82, 2.24) is 10.2 Å². The number of thiophene rings is 1. The summed E-state index contributed by atoms with van der Waals surface area (Å²) in [6.45, 7) is 6.17. The Morgan fingerprint density at radius 3 is 2.74 bits per heavy atom. The van der Waals surface area contributed by atoms with Crippen molar-refractivity contribution in [2.24, 2.45) is 0 Å². The van der Waals surface area contributed by atoms with Gasteiger partial charge >= 0.3 is 0 Å². The molecule has 0 spiro atoms. The molecule has 7 heteroatoms. The van der Waals surface area contributed by atoms with Gasteiger partial charge in [0.1, 0.15) is 0 Å². The molecule has 1 aromatic carbocycles. The summed E-state index contributed by atoms with van der Waals surface area (Å²) in [4.78, 5) is 17.5. The number of amides is 1. The van der Waals surface area contributed by atoms with Gasteiger partial charge in [-0.3, -0.25) is 9.69 Å². The highest BCUT2D eigenvalue weighted by molar-refractivity contribution is 7.14. The standard InChI is InChI=1S/C24H32N2O4S/c1-3-30-20-9-8-17(14-21(20)28-2)19(26-10-12-29-13-11-26)16-25-24(27)23-15-18-6-4-5-7-22(18)31-23/h8-9,14-15,19H,3-7,10-13,16H2,1-2H3,(H,25,27). The van der Waals surface area contributed by atoms with Gasteiger partial charge in [0, 0.05) is 24.5 Å². The van der Waals surface area contributed by atoms with Gasteiger partial charge in [-0.2, -0.15) is 0 Å². The number of carbonyl (C=O) groups excluding carboxylic acids is 1. The third-order valence-electron chi connectivity index (χ3n) is 6.04. The zero-order chi connectivity index (χ0) is 21.6. The molecule has 168 valence electrons. The van der Waals surface area contributed by atoms with Gasteiger partial charge in [0.05, 0.1) is 37.8 Å². The van der Waals surface area contributed by atoms with Crippen molar-refractivity contribution < 1.29 is 19.0 Å². The summed E-state index contributed by atoms with van der Waals surface area (Å²) in [7, 11) is 1.66. The second kappa shape index (κ2) is 10.5. The van der Waals surface area contributed by atoms with E-state index in [1.54, 1.807) is 18.4 Å². The number of benzene rings is 1. The number of hydrogen-bond acceptors (Lipinski definition) is 6. The van der Waals surface area contributed by atoms with Gasteiger partial charge in [-0.25, -0.2) is 0 Å². The van der Waals surface area contributed by atoms with Crippen LogP contribution in [-0.2, 0) is 17.6 Å². The molecule has 31 heavy (non-hydrogen) atoms. The Morgan fingerprint density at radius 2 is 2.00 bits per heavy atom. The molecule has 0 saturated carbocycles. The lowest BCUT2D eigenvalue weighted by Gasteiger charge is -2.35. The van der Waals surface area contributed by atoms with Crippen LogP contribution >= 0.6 is 11.3 Å². The zero-order valence-electron chi connectivity index (χ0n) is 18.4. The Bertz CT molecular complexity index is 868. The van der Waals surface area contributed by atoms with E-state index in [0.717, 1.165) is 47.9 Å². The van der Waals surface area contributed by atoms with Crippen LogP contribution in [0.15, 0.2) is 24.3 Å². The van der Waals surface area contributed by atoms with Gasteiger partial charge in [-0.1, -0.05) is 6.07 Å². The van der Waals surface area contributed by atoms with Crippen molar-refractivity contribution in [2.75, 3.05) is 46.6 Å². The molecule has 1 aliphatic heterocycles. The van der Waals surface area contributed by atoms with Crippen LogP contribution in [0.2, 0.25) is 0 Å². The second-order valence-corrected chi connectivity index (χ2v) is 9.12. The van der Waals surface area contributed by atoms with Gasteiger partial charge in [-0.15, -0.1) is 11.3 Å². The van der Waals surface area contributed by atoms with E-state index in [0.29, 0.717) is 26.4 Å². The maximum Gasteiger partial charge on any atom is 0.261 e. The first-order valence-electron chi connectivity index (χ1n) is 11.2. The molecule has 1 aromatic heterocycles. The van der Waals surface area contributed by atoms with E-state index in [1.807, 2.05) is 19.1 Å². The van der Waals surface area contributed by atoms with Crippen LogP contribution in [-0.4, -0.2) is 57.4 Å². The van der Waals surface area contributed by atoms with Crippen molar-refractivity contribution in [3.63, 3.8) is 0 Å². The van der Waals surface area contributed by atoms with Crippen molar-refractivity contribution >= 4 is 17.2 Å². The van der Waals surface area contributed by atoms with Crippen LogP contribution < -0.4 is 14.8 Å². The maximum absolute atomic E-state index is 13.0. The summed E-state index contributed by atoms with van der Waals surface area (Å²) >= 11 is 1.66. The molecule has 1 amide bonds. The summed E-state index contributed by atoms with van der Waals surface area (Å²) in [5, 5.41) is 3.20. The van der Waals surface area contributed by atoms with E-state index >= 15 is 0 Å². The number of rotatable bonds is 8. The smallest absolute Gasteiger partial charge is 0.261 e. The molecule has 1 atom stereocenters. The fraction of sp³-hybridized carbons (Fsp3) is 0.542. The average Bonchev–Trinajstić information content (AvgIpc) is 3.25. The van der Waals surface area contributed by atoms with Crippen LogP contribution in [0.1, 0.15) is 51.5 Å². The Balaban J connectivity index is 1.51. The number of morpholine rings is 1. The molecular formula is C24H32N2O4S. The Labute approximate surface area is 188 Å². The lowest BCUT2D eigenvalue weighted by Crippen LogP contribution is -2.43. The van der Waals surface area contributed by atoms with Crippen LogP contribution in [0.25, 0.3) is 0 Å². The Kier molecular flexibility index (Phi) is 7.48. The van der Waals surface area contributed by atoms with E-state index in [1.165, 1.54) is 23.3 Å². The Morgan fingerprint density at radius 1 is 1.19 bits per heavy atom. The van der Waals surface area contributed by atoms with E-state index < -0.39 is 0 Å². The molecule has 0 radical (unpaired) electrons. The van der Waals surface area contributed by atoms with Crippen LogP contribution in [0, 0.1) is 0 Å². The van der Waals surface area contributed by atoms with E-state index in [4.69, 9.17) is 14.2 Å². The SMILES string of the molecule is CCOc1ccc(C(CNC(=O)c2cc3c(s2)CCCC3)N2CCOCC2)cc1OC. The molecule has 4 rings (SSSR count). The van der Waals surface area contributed by atoms with Gasteiger partial charge in [0.15, 0.2) is 11.5 Å². The number of aryl methyl sites for hydroxylation is 2. The van der Waals surface area contributed by atoms with Crippen molar-refractivity contribution in [3.05, 3.63) is 45.1 Å². The summed E-state index contributed by atoms with van der Waals surface area (Å²) in [6, 6.07) is 8.20. The molecule has 0 bridgehead atoms. The van der Waals surface area contributed by atoms with Gasteiger partial charge in [0.2, 0.25) is 0 Å². The summed E-state index contributed by atoms with van der Waals surface area (Å²) < 4.78 is 16.8. The monoisotopic (exact) mass is 444 g/mol. The van der Waals surface area contributed by atoms with Crippen molar-refractivity contribution in [3.8, 4) is 11.5 Å². The normalized spacial score (nSPS) is 17.6. The molecule has 1 unspecified atom stereocenters. The molecule has 2 aliphatic rings. The third kappa shape index (κ3) is 5.22. The van der Waals surface area contributed by atoms with E-state index in [2.05, 4.69) is 22.3 Å². The number of nitrogens with zero attached hydrogens (tertiary/aromatic N) is 1. The van der Waals surface area contributed by atoms with E-state index in [-0.39, 0.29) is 11.9 Å². The number of hydrogen-bond donors (Lipinski definition) is 1. The minimum absolute atomic E-state index is 0.0237. The van der Waals surface area contributed by atoms with Crippen LogP contribution in [0.5, 0.6) is 11.5 Å². The molecule has 2 heterocycles. The highest BCUT2D eigenvalue weighted by Gasteiger charge is 2.25. The molecule has 1 saturated heterocycles. The predicted molar refractivity (Wildman–Crippen MR) is 123 cm³/mol. The zero-order valence-corrected chi connectivity index (χ0v) is 19.3. The Hall–Kier alpha value is -2.09. The number of methoxy groups -OCH3 is 1. The van der Waals surface area contributed by atoms with Crippen molar-refractivity contribution in [2.45, 2.75) is 38.6 Å². The summed E-state index contributed by atoms with van der Waals surface area (Å²) in [5.74, 6) is 1.48. The number of carbonyl (C=O) groups is 1. The minimum Gasteiger partial charge on any atom is -0.493 e. The fourth-order valence-electron chi connectivity index (χ4n) is 4.39. The van der Waals surface area contributed by atoms with Gasteiger partial charge in [-0.05, 0) is 61.9 Å². The lowest BCUT2D eigenvalue weighted by molar-refractivity contribution is 0.0162. The largest absolute Gasteiger partial charge is 0.493 e. The molecular weight excluding hydrogens is 412 g/mol. The first kappa shape index (κ1) is 22.1. The van der Waals surface area contributed by atoms with E-state index in [9.17, 15) is 4.79 Å². The summed E-state index contributed by atoms with van der Waals surface area (Å²) in [6.07, 6.45) is 4.66. The number of fused-ring (bicyclic) bond motifs is 1. The van der Waals surface area contributed by atoms with Gasteiger partial charge in [0.25, 0.3) is 5.91 Å². The topological polar surface area (TPSA) is 60.0 Å². The molecule has 1 aliphatic carbocycles. The minimum atomic E-state index is 0.0237. The molecule has 6 nitrogen and oxygen atoms in total. The number of ether oxygens (including phenoxy) is 3. The van der Waals surface area contributed by atoms with Crippen molar-refractivity contribution in [1.29, 1.82) is 0 Å². The fourth-order valence-corrected chi connectivity index (χ4v) is 5.56. The van der Waals surface area contributed by atoms with Crippen LogP contribution in [0.4, 0.5) is 0 Å². The lowest BCUT2D eigenvalue weighted by atomic mass is 9.99.